The molecule has 1 N–H and O–H groups in total. The summed E-state index contributed by atoms with van der Waals surface area (Å²) in [6, 6.07) is 1.47. The van der Waals surface area contributed by atoms with E-state index in [1.807, 2.05) is 0 Å². The van der Waals surface area contributed by atoms with E-state index in [9.17, 15) is 0 Å². The number of piperidine rings is 2. The zero-order chi connectivity index (χ0) is 8.55. The lowest BCUT2D eigenvalue weighted by atomic mass is 9.91. The number of rotatable bonds is 2. The highest BCUT2D eigenvalue weighted by Crippen LogP contribution is 2.26. The summed E-state index contributed by atoms with van der Waals surface area (Å²) >= 11 is 0. The molecule has 3 nitrogen and oxygen atoms in total. The SMILES string of the molecule is CN1C[C@@H]2CC[C@H]1CN2CCO. The summed E-state index contributed by atoms with van der Waals surface area (Å²) in [4.78, 5) is 4.90. The van der Waals surface area contributed by atoms with Crippen molar-refractivity contribution in [1.82, 2.24) is 9.80 Å². The minimum absolute atomic E-state index is 0.312. The number of piperazine rings is 1. The Morgan fingerprint density at radius 2 is 2.00 bits per heavy atom. The maximum absolute atomic E-state index is 8.86. The van der Waals surface area contributed by atoms with E-state index in [2.05, 4.69) is 16.8 Å². The van der Waals surface area contributed by atoms with Gasteiger partial charge in [0.15, 0.2) is 0 Å². The molecule has 0 saturated carbocycles. The van der Waals surface area contributed by atoms with Crippen LogP contribution in [0, 0.1) is 0 Å². The third-order valence-corrected chi connectivity index (χ3v) is 3.30. The highest BCUT2D eigenvalue weighted by Gasteiger charge is 2.36. The topological polar surface area (TPSA) is 26.7 Å². The standard InChI is InChI=1S/C9H18N2O/c1-10-6-9-3-2-8(10)7-11(9)4-5-12/h8-9,12H,2-7H2,1H3/t8-,9-/m0/s1. The lowest BCUT2D eigenvalue weighted by Crippen LogP contribution is -2.61. The third kappa shape index (κ3) is 1.37. The van der Waals surface area contributed by atoms with Crippen LogP contribution in [0.3, 0.4) is 0 Å². The number of nitrogens with zero attached hydrogens (tertiary/aromatic N) is 2. The fraction of sp³-hybridized carbons (Fsp3) is 1.00. The van der Waals surface area contributed by atoms with Crippen LogP contribution in [0.5, 0.6) is 0 Å². The molecule has 0 amide bonds. The largest absolute Gasteiger partial charge is 0.395 e. The van der Waals surface area contributed by atoms with Gasteiger partial charge < -0.3 is 10.0 Å². The molecular formula is C9H18N2O. The first-order valence-electron chi connectivity index (χ1n) is 4.86. The van der Waals surface area contributed by atoms with Crippen LogP contribution in [0.1, 0.15) is 12.8 Å². The van der Waals surface area contributed by atoms with Gasteiger partial charge in [-0.25, -0.2) is 0 Å². The molecular weight excluding hydrogens is 152 g/mol. The first-order chi connectivity index (χ1) is 5.81. The van der Waals surface area contributed by atoms with Gasteiger partial charge in [-0.3, -0.25) is 4.90 Å². The zero-order valence-electron chi connectivity index (χ0n) is 7.74. The molecule has 0 aromatic rings. The first kappa shape index (κ1) is 8.48. The van der Waals surface area contributed by atoms with E-state index in [0.717, 1.165) is 12.6 Å². The Bertz CT molecular complexity index is 161. The molecule has 0 aliphatic carbocycles. The molecule has 0 unspecified atom stereocenters. The Balaban J connectivity index is 1.96. The fourth-order valence-electron chi connectivity index (χ4n) is 2.53. The smallest absolute Gasteiger partial charge is 0.0558 e. The molecule has 3 fully saturated rings. The Morgan fingerprint density at radius 1 is 1.25 bits per heavy atom. The lowest BCUT2D eigenvalue weighted by molar-refractivity contribution is -0.0133. The highest BCUT2D eigenvalue weighted by atomic mass is 16.3. The van der Waals surface area contributed by atoms with Crippen LogP contribution in [0.15, 0.2) is 0 Å². The minimum atomic E-state index is 0.312. The molecule has 3 aliphatic heterocycles. The summed E-state index contributed by atoms with van der Waals surface area (Å²) in [5.74, 6) is 0. The average Bonchev–Trinajstić information content (AvgIpc) is 2.07. The summed E-state index contributed by atoms with van der Waals surface area (Å²) in [7, 11) is 2.22. The molecule has 70 valence electrons. The van der Waals surface area contributed by atoms with Crippen LogP contribution in [0.25, 0.3) is 0 Å². The molecule has 3 heteroatoms. The molecule has 3 aliphatic rings. The van der Waals surface area contributed by atoms with Crippen molar-refractivity contribution in [3.63, 3.8) is 0 Å². The molecule has 2 atom stereocenters. The quantitative estimate of drug-likeness (QED) is 0.619. The van der Waals surface area contributed by atoms with Crippen LogP contribution in [-0.4, -0.2) is 60.3 Å². The first-order valence-corrected chi connectivity index (χ1v) is 4.86. The Labute approximate surface area is 74.0 Å². The molecule has 3 heterocycles. The second-order valence-electron chi connectivity index (χ2n) is 4.04. The summed E-state index contributed by atoms with van der Waals surface area (Å²) in [5, 5.41) is 8.86. The number of likely N-dealkylation sites (N-methyl/N-ethyl adjacent to an activating group) is 1. The van der Waals surface area contributed by atoms with Gasteiger partial charge in [-0.1, -0.05) is 0 Å². The Morgan fingerprint density at radius 3 is 2.50 bits per heavy atom. The lowest BCUT2D eigenvalue weighted by Gasteiger charge is -2.50. The van der Waals surface area contributed by atoms with E-state index in [1.165, 1.54) is 25.9 Å². The van der Waals surface area contributed by atoms with Crippen molar-refractivity contribution >= 4 is 0 Å². The number of hydrogen-bond acceptors (Lipinski definition) is 3. The molecule has 3 saturated heterocycles. The molecule has 0 aromatic heterocycles. The molecule has 12 heavy (non-hydrogen) atoms. The zero-order valence-corrected chi connectivity index (χ0v) is 7.74. The molecule has 0 spiro atoms. The van der Waals surface area contributed by atoms with Crippen molar-refractivity contribution in [2.75, 3.05) is 33.3 Å². The fourth-order valence-corrected chi connectivity index (χ4v) is 2.53. The van der Waals surface area contributed by atoms with E-state index >= 15 is 0 Å². The van der Waals surface area contributed by atoms with E-state index in [-0.39, 0.29) is 0 Å². The summed E-state index contributed by atoms with van der Waals surface area (Å²) in [5.41, 5.74) is 0. The van der Waals surface area contributed by atoms with Crippen LogP contribution in [0.2, 0.25) is 0 Å². The van der Waals surface area contributed by atoms with Crippen LogP contribution < -0.4 is 0 Å². The predicted octanol–water partition coefficient (Wildman–Crippen LogP) is -0.243. The molecule has 3 rings (SSSR count). The summed E-state index contributed by atoms with van der Waals surface area (Å²) in [6.45, 7) is 3.55. The molecule has 2 bridgehead atoms. The van der Waals surface area contributed by atoms with E-state index < -0.39 is 0 Å². The van der Waals surface area contributed by atoms with E-state index in [0.29, 0.717) is 12.6 Å². The molecule has 0 radical (unpaired) electrons. The average molecular weight is 170 g/mol. The number of fused-ring (bicyclic) bond motifs is 3. The summed E-state index contributed by atoms with van der Waals surface area (Å²) < 4.78 is 0. The van der Waals surface area contributed by atoms with Gasteiger partial charge in [0.1, 0.15) is 0 Å². The van der Waals surface area contributed by atoms with Crippen molar-refractivity contribution in [2.45, 2.75) is 24.9 Å². The van der Waals surface area contributed by atoms with Gasteiger partial charge in [0.2, 0.25) is 0 Å². The minimum Gasteiger partial charge on any atom is -0.395 e. The Kier molecular flexibility index (Phi) is 2.35. The van der Waals surface area contributed by atoms with Gasteiger partial charge in [0.05, 0.1) is 6.61 Å². The van der Waals surface area contributed by atoms with Gasteiger partial charge in [-0.15, -0.1) is 0 Å². The van der Waals surface area contributed by atoms with Gasteiger partial charge in [0.25, 0.3) is 0 Å². The van der Waals surface area contributed by atoms with Gasteiger partial charge >= 0.3 is 0 Å². The monoisotopic (exact) mass is 170 g/mol. The second kappa shape index (κ2) is 3.32. The second-order valence-corrected chi connectivity index (χ2v) is 4.04. The highest BCUT2D eigenvalue weighted by molar-refractivity contribution is 4.93. The van der Waals surface area contributed by atoms with Gasteiger partial charge in [0, 0.05) is 31.7 Å². The van der Waals surface area contributed by atoms with Crippen molar-refractivity contribution in [3.8, 4) is 0 Å². The van der Waals surface area contributed by atoms with Crippen molar-refractivity contribution in [2.24, 2.45) is 0 Å². The summed E-state index contributed by atoms with van der Waals surface area (Å²) in [6.07, 6.45) is 2.68. The van der Waals surface area contributed by atoms with Crippen LogP contribution in [-0.2, 0) is 0 Å². The maximum Gasteiger partial charge on any atom is 0.0558 e. The van der Waals surface area contributed by atoms with Crippen LogP contribution >= 0.6 is 0 Å². The normalized spacial score (nSPS) is 37.5. The van der Waals surface area contributed by atoms with Gasteiger partial charge in [-0.05, 0) is 19.9 Å². The molecule has 0 aromatic carbocycles. The number of hydrogen-bond donors (Lipinski definition) is 1. The van der Waals surface area contributed by atoms with Crippen LogP contribution in [0.4, 0.5) is 0 Å². The maximum atomic E-state index is 8.86. The van der Waals surface area contributed by atoms with Crippen molar-refractivity contribution < 1.29 is 5.11 Å². The number of aliphatic hydroxyl groups is 1. The Hall–Kier alpha value is -0.120. The van der Waals surface area contributed by atoms with Crippen molar-refractivity contribution in [1.29, 1.82) is 0 Å². The van der Waals surface area contributed by atoms with Crippen molar-refractivity contribution in [3.05, 3.63) is 0 Å². The number of aliphatic hydroxyl groups excluding tert-OH is 1. The van der Waals surface area contributed by atoms with E-state index in [4.69, 9.17) is 5.11 Å². The van der Waals surface area contributed by atoms with E-state index in [1.54, 1.807) is 0 Å². The van der Waals surface area contributed by atoms with Gasteiger partial charge in [-0.2, -0.15) is 0 Å². The third-order valence-electron chi connectivity index (χ3n) is 3.30. The predicted molar refractivity (Wildman–Crippen MR) is 48.1 cm³/mol.